The molecule has 0 radical (unpaired) electrons. The lowest BCUT2D eigenvalue weighted by Gasteiger charge is -2.37. The molecule has 2 aromatic rings. The van der Waals surface area contributed by atoms with Crippen molar-refractivity contribution in [3.63, 3.8) is 0 Å². The molecule has 1 aromatic heterocycles. The van der Waals surface area contributed by atoms with Crippen LogP contribution in [0.25, 0.3) is 0 Å². The highest BCUT2D eigenvalue weighted by Gasteiger charge is 2.22. The lowest BCUT2D eigenvalue weighted by molar-refractivity contribution is 0.370. The summed E-state index contributed by atoms with van der Waals surface area (Å²) >= 11 is 0. The fourth-order valence-electron chi connectivity index (χ4n) is 3.36. The second-order valence-electron chi connectivity index (χ2n) is 6.85. The summed E-state index contributed by atoms with van der Waals surface area (Å²) in [7, 11) is 5.67. The van der Waals surface area contributed by atoms with E-state index >= 15 is 0 Å². The Morgan fingerprint density at radius 2 is 1.93 bits per heavy atom. The van der Waals surface area contributed by atoms with Gasteiger partial charge in [-0.05, 0) is 18.2 Å². The van der Waals surface area contributed by atoms with Crippen LogP contribution >= 0.6 is 0 Å². The largest absolute Gasteiger partial charge is 0.366 e. The van der Waals surface area contributed by atoms with E-state index in [0.717, 1.165) is 23.4 Å². The number of anilines is 2. The molecule has 0 spiro atoms. The van der Waals surface area contributed by atoms with Gasteiger partial charge >= 0.3 is 0 Å². The molecule has 0 amide bonds. The number of halogens is 2. The van der Waals surface area contributed by atoms with Crippen molar-refractivity contribution in [3.05, 3.63) is 53.7 Å². The molecule has 0 unspecified atom stereocenters. The Hall–Kier alpha value is -2.90. The first kappa shape index (κ1) is 19.9. The lowest BCUT2D eigenvalue weighted by atomic mass is 10.2. The molecule has 2 heterocycles. The molecule has 1 fully saturated rings. The quantitative estimate of drug-likeness (QED) is 0.644. The van der Waals surface area contributed by atoms with Crippen LogP contribution in [0.2, 0.25) is 0 Å². The zero-order chi connectivity index (χ0) is 20.1. The van der Waals surface area contributed by atoms with Crippen molar-refractivity contribution in [1.29, 1.82) is 0 Å². The van der Waals surface area contributed by atoms with E-state index in [2.05, 4.69) is 20.2 Å². The van der Waals surface area contributed by atoms with Gasteiger partial charge in [0.1, 0.15) is 17.5 Å². The summed E-state index contributed by atoms with van der Waals surface area (Å²) in [6, 6.07) is 7.52. The fraction of sp³-hybridized carbons (Fsp3) is 0.400. The highest BCUT2D eigenvalue weighted by atomic mass is 19.1. The number of guanidine groups is 1. The number of aliphatic imine (C=N–C) groups is 1. The van der Waals surface area contributed by atoms with Crippen molar-refractivity contribution in [1.82, 2.24) is 15.2 Å². The highest BCUT2D eigenvalue weighted by molar-refractivity contribution is 5.80. The summed E-state index contributed by atoms with van der Waals surface area (Å²) in [4.78, 5) is 14.8. The van der Waals surface area contributed by atoms with Gasteiger partial charge in [-0.3, -0.25) is 4.99 Å². The van der Waals surface area contributed by atoms with Gasteiger partial charge in [-0.2, -0.15) is 0 Å². The Morgan fingerprint density at radius 3 is 2.61 bits per heavy atom. The van der Waals surface area contributed by atoms with Crippen LogP contribution in [0.5, 0.6) is 0 Å². The van der Waals surface area contributed by atoms with E-state index in [4.69, 9.17) is 0 Å². The van der Waals surface area contributed by atoms with E-state index in [1.807, 2.05) is 36.0 Å². The molecule has 28 heavy (non-hydrogen) atoms. The highest BCUT2D eigenvalue weighted by Crippen LogP contribution is 2.22. The van der Waals surface area contributed by atoms with Gasteiger partial charge in [0.2, 0.25) is 0 Å². The molecule has 1 aliphatic heterocycles. The van der Waals surface area contributed by atoms with Crippen molar-refractivity contribution in [2.24, 2.45) is 4.99 Å². The van der Waals surface area contributed by atoms with Crippen LogP contribution in [0.1, 0.15) is 5.56 Å². The summed E-state index contributed by atoms with van der Waals surface area (Å²) in [5.41, 5.74) is 1.39. The van der Waals surface area contributed by atoms with E-state index in [0.29, 0.717) is 38.4 Å². The molecule has 0 atom stereocenters. The fourth-order valence-corrected chi connectivity index (χ4v) is 3.36. The number of piperazine rings is 1. The first-order valence-corrected chi connectivity index (χ1v) is 9.26. The maximum absolute atomic E-state index is 14.0. The Kier molecular flexibility index (Phi) is 6.28. The number of rotatable bonds is 4. The predicted molar refractivity (Wildman–Crippen MR) is 109 cm³/mol. The van der Waals surface area contributed by atoms with E-state index in [1.54, 1.807) is 13.2 Å². The van der Waals surface area contributed by atoms with E-state index in [9.17, 15) is 8.78 Å². The van der Waals surface area contributed by atoms with Gasteiger partial charge in [-0.15, -0.1) is 0 Å². The Bertz CT molecular complexity index is 831. The molecule has 1 saturated heterocycles. The predicted octanol–water partition coefficient (Wildman–Crippen LogP) is 2.32. The average Bonchev–Trinajstić information content (AvgIpc) is 2.71. The van der Waals surface area contributed by atoms with Gasteiger partial charge in [0.15, 0.2) is 5.96 Å². The molecule has 1 aliphatic rings. The number of hydrogen-bond donors (Lipinski definition) is 1. The standard InChI is InChI=1S/C20H26F2N6/c1-23-20(25-14-15-5-4-8-24-19(15)26(2)3)28-11-9-27(10-12-28)18-13-16(21)6-7-17(18)22/h4-8,13H,9-12,14H2,1-3H3,(H,23,25). The van der Waals surface area contributed by atoms with Crippen LogP contribution in [0, 0.1) is 11.6 Å². The molecule has 0 bridgehead atoms. The maximum Gasteiger partial charge on any atom is 0.194 e. The minimum absolute atomic E-state index is 0.314. The molecule has 0 saturated carbocycles. The van der Waals surface area contributed by atoms with Crippen LogP contribution in [0.4, 0.5) is 20.3 Å². The first-order chi connectivity index (χ1) is 13.5. The minimum Gasteiger partial charge on any atom is -0.366 e. The SMILES string of the molecule is CN=C(NCc1cccnc1N(C)C)N1CCN(c2cc(F)ccc2F)CC1. The molecule has 1 N–H and O–H groups in total. The van der Waals surface area contributed by atoms with Crippen LogP contribution in [-0.2, 0) is 6.54 Å². The normalized spacial score (nSPS) is 15.0. The third-order valence-electron chi connectivity index (χ3n) is 4.77. The molecule has 8 heteroatoms. The van der Waals surface area contributed by atoms with Crippen molar-refractivity contribution in [2.45, 2.75) is 6.54 Å². The Labute approximate surface area is 164 Å². The molecule has 0 aliphatic carbocycles. The zero-order valence-electron chi connectivity index (χ0n) is 16.5. The minimum atomic E-state index is -0.426. The van der Waals surface area contributed by atoms with Gasteiger partial charge in [-0.25, -0.2) is 13.8 Å². The molecule has 3 rings (SSSR count). The second kappa shape index (κ2) is 8.86. The molecular weight excluding hydrogens is 362 g/mol. The number of hydrogen-bond acceptors (Lipinski definition) is 4. The third kappa shape index (κ3) is 4.49. The van der Waals surface area contributed by atoms with E-state index < -0.39 is 11.6 Å². The van der Waals surface area contributed by atoms with E-state index in [1.165, 1.54) is 12.1 Å². The summed E-state index contributed by atoms with van der Waals surface area (Å²) < 4.78 is 27.5. The van der Waals surface area contributed by atoms with Gasteiger partial charge in [0.25, 0.3) is 0 Å². The number of aromatic nitrogens is 1. The van der Waals surface area contributed by atoms with Crippen LogP contribution < -0.4 is 15.1 Å². The number of nitrogens with zero attached hydrogens (tertiary/aromatic N) is 5. The summed E-state index contributed by atoms with van der Waals surface area (Å²) in [5, 5.41) is 3.38. The summed E-state index contributed by atoms with van der Waals surface area (Å²) in [5.74, 6) is 0.874. The van der Waals surface area contributed by atoms with Crippen LogP contribution in [0.3, 0.4) is 0 Å². The molecule has 150 valence electrons. The zero-order valence-corrected chi connectivity index (χ0v) is 16.5. The van der Waals surface area contributed by atoms with Crippen LogP contribution in [0.15, 0.2) is 41.5 Å². The maximum atomic E-state index is 14.0. The van der Waals surface area contributed by atoms with Crippen molar-refractivity contribution in [3.8, 4) is 0 Å². The first-order valence-electron chi connectivity index (χ1n) is 9.26. The summed E-state index contributed by atoms with van der Waals surface area (Å²) in [6.45, 7) is 3.13. The van der Waals surface area contributed by atoms with Crippen molar-refractivity contribution in [2.75, 3.05) is 57.1 Å². The molecule has 1 aromatic carbocycles. The van der Waals surface area contributed by atoms with Gasteiger partial charge in [0, 0.05) is 71.7 Å². The average molecular weight is 388 g/mol. The van der Waals surface area contributed by atoms with Crippen molar-refractivity contribution >= 4 is 17.5 Å². The Morgan fingerprint density at radius 1 is 1.18 bits per heavy atom. The summed E-state index contributed by atoms with van der Waals surface area (Å²) in [6.07, 6.45) is 1.78. The number of pyridine rings is 1. The van der Waals surface area contributed by atoms with Gasteiger partial charge in [-0.1, -0.05) is 6.07 Å². The Balaban J connectivity index is 1.61. The van der Waals surface area contributed by atoms with E-state index in [-0.39, 0.29) is 0 Å². The monoisotopic (exact) mass is 388 g/mol. The lowest BCUT2D eigenvalue weighted by Crippen LogP contribution is -2.52. The van der Waals surface area contributed by atoms with Crippen molar-refractivity contribution < 1.29 is 8.78 Å². The molecular formula is C20H26F2N6. The van der Waals surface area contributed by atoms with Gasteiger partial charge in [0.05, 0.1) is 5.69 Å². The third-order valence-corrected chi connectivity index (χ3v) is 4.77. The van der Waals surface area contributed by atoms with Crippen LogP contribution in [-0.4, -0.2) is 63.2 Å². The van der Waals surface area contributed by atoms with Gasteiger partial charge < -0.3 is 20.0 Å². The number of nitrogens with one attached hydrogen (secondary N) is 1. The molecule has 6 nitrogen and oxygen atoms in total. The smallest absolute Gasteiger partial charge is 0.194 e. The second-order valence-corrected chi connectivity index (χ2v) is 6.85. The number of benzene rings is 1. The topological polar surface area (TPSA) is 47.0 Å².